The molecule has 1 aliphatic rings. The second-order valence-corrected chi connectivity index (χ2v) is 12.1. The normalized spacial score (nSPS) is 18.1. The molecule has 1 saturated heterocycles. The van der Waals surface area contributed by atoms with Gasteiger partial charge in [0.2, 0.25) is 15.9 Å². The average Bonchev–Trinajstić information content (AvgIpc) is 3.15. The number of hydrogen-bond donors (Lipinski definition) is 2. The van der Waals surface area contributed by atoms with Crippen LogP contribution in [0.2, 0.25) is 0 Å². The third kappa shape index (κ3) is 6.59. The lowest BCUT2D eigenvalue weighted by atomic mass is 10.1. The highest BCUT2D eigenvalue weighted by Crippen LogP contribution is 2.41. The zero-order valence-electron chi connectivity index (χ0n) is 20.7. The van der Waals surface area contributed by atoms with Crippen LogP contribution in [0, 0.1) is 5.82 Å². The second kappa shape index (κ2) is 11.1. The number of aliphatic carboxylic acids is 1. The van der Waals surface area contributed by atoms with Gasteiger partial charge in [-0.3, -0.25) is 4.79 Å². The van der Waals surface area contributed by atoms with Crippen LogP contribution in [0.15, 0.2) is 53.4 Å². The first-order chi connectivity index (χ1) is 17.2. The van der Waals surface area contributed by atoms with E-state index in [0.29, 0.717) is 5.56 Å². The number of carboxylic acids is 1. The molecule has 2 atom stereocenters. The maximum Gasteiger partial charge on any atom is 0.414 e. The highest BCUT2D eigenvalue weighted by molar-refractivity contribution is 8.02. The van der Waals surface area contributed by atoms with Gasteiger partial charge in [0.25, 0.3) is 0 Å². The molecule has 10 nitrogen and oxygen atoms in total. The van der Waals surface area contributed by atoms with E-state index in [0.717, 1.165) is 40.3 Å². The van der Waals surface area contributed by atoms with Crippen LogP contribution < -0.4 is 10.1 Å². The van der Waals surface area contributed by atoms with Gasteiger partial charge in [0.15, 0.2) is 0 Å². The fraction of sp³-hybridized carbons (Fsp3) is 0.375. The monoisotopic (exact) mass is 553 g/mol. The quantitative estimate of drug-likeness (QED) is 0.510. The Morgan fingerprint density at radius 1 is 1.16 bits per heavy atom. The first-order valence-corrected chi connectivity index (χ1v) is 13.6. The summed E-state index contributed by atoms with van der Waals surface area (Å²) < 4.78 is 46.3. The van der Waals surface area contributed by atoms with Crippen LogP contribution in [0.3, 0.4) is 0 Å². The second-order valence-electron chi connectivity index (χ2n) is 9.24. The van der Waals surface area contributed by atoms with Crippen LogP contribution in [-0.2, 0) is 26.0 Å². The van der Waals surface area contributed by atoms with Gasteiger partial charge < -0.3 is 20.1 Å². The van der Waals surface area contributed by atoms with E-state index in [9.17, 15) is 32.3 Å². The number of benzene rings is 2. The molecule has 0 radical (unpaired) electrons. The number of carboxylic acid groups (broad SMARTS) is 1. The standard InChI is InChI=1S/C24H28FN3O7S2/c1-24(2)14-36-21(28(24)37(33,34)18-11-7-16(25)8-12-18)20(29)26-19(22(30)31)13-15-5-9-17(10-6-15)35-23(32)27(3)4/h5-12,19,21H,13-14H2,1-4H3,(H,26,29)(H,30,31)/t19-,21-/m0/s1. The number of amides is 2. The van der Waals surface area contributed by atoms with Gasteiger partial charge in [0.1, 0.15) is 23.0 Å². The Bertz CT molecular complexity index is 1270. The van der Waals surface area contributed by atoms with Gasteiger partial charge in [0.05, 0.1) is 4.90 Å². The van der Waals surface area contributed by atoms with Crippen molar-refractivity contribution < 1.29 is 37.0 Å². The molecule has 1 fully saturated rings. The predicted octanol–water partition coefficient (Wildman–Crippen LogP) is 2.54. The molecular formula is C24H28FN3O7S2. The zero-order valence-corrected chi connectivity index (χ0v) is 22.3. The highest BCUT2D eigenvalue weighted by atomic mass is 32.2. The summed E-state index contributed by atoms with van der Waals surface area (Å²) in [7, 11) is -1.13. The molecule has 2 aromatic carbocycles. The molecule has 2 N–H and O–H groups in total. The number of hydrogen-bond acceptors (Lipinski definition) is 7. The lowest BCUT2D eigenvalue weighted by Crippen LogP contribution is -2.55. The Hall–Kier alpha value is -3.16. The summed E-state index contributed by atoms with van der Waals surface area (Å²) in [5.74, 6) is -2.12. The van der Waals surface area contributed by atoms with Crippen molar-refractivity contribution >= 4 is 39.8 Å². The summed E-state index contributed by atoms with van der Waals surface area (Å²) in [6.45, 7) is 3.32. The SMILES string of the molecule is CN(C)C(=O)Oc1ccc(C[C@H](NC(=O)[C@@H]2SCC(C)(C)N2S(=O)(=O)c2ccc(F)cc2)C(=O)O)cc1. The zero-order chi connectivity index (χ0) is 27.5. The van der Waals surface area contributed by atoms with Gasteiger partial charge in [-0.25, -0.2) is 22.4 Å². The third-order valence-electron chi connectivity index (χ3n) is 5.55. The van der Waals surface area contributed by atoms with Crippen molar-refractivity contribution in [3.05, 3.63) is 59.9 Å². The van der Waals surface area contributed by atoms with Crippen molar-refractivity contribution in [2.24, 2.45) is 0 Å². The molecule has 1 aliphatic heterocycles. The Morgan fingerprint density at radius 3 is 2.30 bits per heavy atom. The Kier molecular flexibility index (Phi) is 8.50. The summed E-state index contributed by atoms with van der Waals surface area (Å²) in [6, 6.07) is 9.08. The van der Waals surface area contributed by atoms with E-state index >= 15 is 0 Å². The minimum absolute atomic E-state index is 0.0888. The Morgan fingerprint density at radius 2 is 1.76 bits per heavy atom. The first-order valence-electron chi connectivity index (χ1n) is 11.2. The van der Waals surface area contributed by atoms with Gasteiger partial charge in [-0.15, -0.1) is 11.8 Å². The minimum Gasteiger partial charge on any atom is -0.480 e. The molecular weight excluding hydrogens is 525 g/mol. The molecule has 200 valence electrons. The third-order valence-corrected chi connectivity index (χ3v) is 9.38. The average molecular weight is 554 g/mol. The summed E-state index contributed by atoms with van der Waals surface area (Å²) >= 11 is 1.08. The largest absolute Gasteiger partial charge is 0.480 e. The van der Waals surface area contributed by atoms with Crippen molar-refractivity contribution in [3.63, 3.8) is 0 Å². The fourth-order valence-electron chi connectivity index (χ4n) is 3.65. The molecule has 0 aromatic heterocycles. The number of rotatable bonds is 8. The number of nitrogens with zero attached hydrogens (tertiary/aromatic N) is 2. The van der Waals surface area contributed by atoms with Crippen LogP contribution in [0.5, 0.6) is 5.75 Å². The summed E-state index contributed by atoms with van der Waals surface area (Å²) in [4.78, 5) is 37.9. The number of carbonyl (C=O) groups excluding carboxylic acids is 2. The van der Waals surface area contributed by atoms with Crippen molar-refractivity contribution in [3.8, 4) is 5.75 Å². The summed E-state index contributed by atoms with van der Waals surface area (Å²) in [5, 5.41) is 11.0. The molecule has 0 bridgehead atoms. The molecule has 2 amide bonds. The van der Waals surface area contributed by atoms with E-state index in [2.05, 4.69) is 5.32 Å². The predicted molar refractivity (Wildman–Crippen MR) is 135 cm³/mol. The van der Waals surface area contributed by atoms with Crippen molar-refractivity contribution in [2.45, 2.75) is 42.1 Å². The molecule has 0 aliphatic carbocycles. The van der Waals surface area contributed by atoms with Crippen LogP contribution >= 0.6 is 11.8 Å². The maximum atomic E-state index is 13.4. The van der Waals surface area contributed by atoms with Crippen LogP contribution in [-0.4, -0.2) is 77.5 Å². The van der Waals surface area contributed by atoms with Gasteiger partial charge >= 0.3 is 12.1 Å². The Labute approximate surface area is 218 Å². The molecule has 1 heterocycles. The van der Waals surface area contributed by atoms with Crippen molar-refractivity contribution in [1.29, 1.82) is 0 Å². The number of halogens is 1. The van der Waals surface area contributed by atoms with E-state index in [-0.39, 0.29) is 22.8 Å². The lowest BCUT2D eigenvalue weighted by molar-refractivity contribution is -0.142. The minimum atomic E-state index is -4.20. The summed E-state index contributed by atoms with van der Waals surface area (Å²) in [6.07, 6.45) is -0.658. The summed E-state index contributed by atoms with van der Waals surface area (Å²) in [5.41, 5.74) is -0.411. The molecule has 0 saturated carbocycles. The Balaban J connectivity index is 1.77. The van der Waals surface area contributed by atoms with Crippen molar-refractivity contribution in [1.82, 2.24) is 14.5 Å². The van der Waals surface area contributed by atoms with E-state index in [1.165, 1.54) is 31.1 Å². The van der Waals surface area contributed by atoms with Gasteiger partial charge in [0, 0.05) is 31.8 Å². The van der Waals surface area contributed by atoms with Crippen LogP contribution in [0.1, 0.15) is 19.4 Å². The number of nitrogens with one attached hydrogen (secondary N) is 1. The van der Waals surface area contributed by atoms with E-state index < -0.39 is 50.8 Å². The topological polar surface area (TPSA) is 133 Å². The smallest absolute Gasteiger partial charge is 0.414 e. The van der Waals surface area contributed by atoms with Gasteiger partial charge in [-0.1, -0.05) is 12.1 Å². The lowest BCUT2D eigenvalue weighted by Gasteiger charge is -2.33. The molecule has 2 aromatic rings. The van der Waals surface area contributed by atoms with Gasteiger partial charge in [-0.05, 0) is 55.8 Å². The number of sulfonamides is 1. The molecule has 0 spiro atoms. The number of ether oxygens (including phenoxy) is 1. The van der Waals surface area contributed by atoms with E-state index in [1.807, 2.05) is 0 Å². The highest BCUT2D eigenvalue weighted by Gasteiger charge is 2.51. The fourth-order valence-corrected chi connectivity index (χ4v) is 7.37. The molecule has 0 unspecified atom stereocenters. The first kappa shape index (κ1) is 28.4. The number of carbonyl (C=O) groups is 3. The molecule has 3 rings (SSSR count). The molecule has 13 heteroatoms. The van der Waals surface area contributed by atoms with E-state index in [4.69, 9.17) is 4.74 Å². The maximum absolute atomic E-state index is 13.4. The van der Waals surface area contributed by atoms with Crippen LogP contribution in [0.25, 0.3) is 0 Å². The van der Waals surface area contributed by atoms with Gasteiger partial charge in [-0.2, -0.15) is 4.31 Å². The number of thioether (sulfide) groups is 1. The van der Waals surface area contributed by atoms with E-state index in [1.54, 1.807) is 26.0 Å². The molecule has 37 heavy (non-hydrogen) atoms. The van der Waals surface area contributed by atoms with Crippen LogP contribution in [0.4, 0.5) is 9.18 Å². The van der Waals surface area contributed by atoms with Crippen molar-refractivity contribution in [2.75, 3.05) is 19.8 Å².